The molecule has 0 amide bonds. The maximum Gasteiger partial charge on any atom is 0.302 e. The summed E-state index contributed by atoms with van der Waals surface area (Å²) in [6.45, 7) is 5.62. The van der Waals surface area contributed by atoms with E-state index in [9.17, 15) is 15.0 Å². The number of nitrogens with zero attached hydrogens (tertiary/aromatic N) is 1. The molecule has 6 fully saturated rings. The minimum Gasteiger partial charge on any atom is -0.462 e. The number of hydrogen-bond donors (Lipinski definition) is 2. The monoisotopic (exact) mass is 509 g/mol. The minimum absolute atomic E-state index is 0.0248. The number of fused-ring (bicyclic) bond motifs is 2. The SMILES string of the molecule is CCN1C[C@]2(COC)CC[C@H](OC)[C@]34C1[C@](O)([C@@H](OC)[C@H]23)[C@@]1(O)C[C@H](OC)[C@H]2C[C@@H]4[C@@H]1[C@H]2OC(C)=O. The number of piperidine rings is 1. The number of methoxy groups -OCH3 is 4. The molecule has 5 aliphatic carbocycles. The van der Waals surface area contributed by atoms with Gasteiger partial charge in [-0.05, 0) is 31.7 Å². The van der Waals surface area contributed by atoms with Gasteiger partial charge in [0.25, 0.3) is 0 Å². The summed E-state index contributed by atoms with van der Waals surface area (Å²) in [6, 6.07) is -0.348. The van der Waals surface area contributed by atoms with Crippen LogP contribution in [0.4, 0.5) is 0 Å². The van der Waals surface area contributed by atoms with E-state index in [2.05, 4.69) is 11.8 Å². The molecule has 5 saturated carbocycles. The van der Waals surface area contributed by atoms with E-state index < -0.39 is 34.7 Å². The Bertz CT molecular complexity index is 918. The highest BCUT2D eigenvalue weighted by molar-refractivity contribution is 5.66. The quantitative estimate of drug-likeness (QED) is 0.483. The number of ether oxygens (including phenoxy) is 5. The first-order valence-electron chi connectivity index (χ1n) is 13.6. The summed E-state index contributed by atoms with van der Waals surface area (Å²) < 4.78 is 30.5. The van der Waals surface area contributed by atoms with E-state index in [4.69, 9.17) is 23.7 Å². The Hall–Kier alpha value is -0.810. The zero-order chi connectivity index (χ0) is 25.8. The normalized spacial score (nSPS) is 56.6. The van der Waals surface area contributed by atoms with Crippen LogP contribution in [0.2, 0.25) is 0 Å². The lowest BCUT2D eigenvalue weighted by Crippen LogP contribution is -2.82. The third-order valence-electron chi connectivity index (χ3n) is 11.8. The van der Waals surface area contributed by atoms with Crippen molar-refractivity contribution < 1.29 is 38.7 Å². The number of likely N-dealkylation sites (N-methyl/N-ethyl adjacent to an activating group) is 1. The lowest BCUT2D eigenvalue weighted by Gasteiger charge is -2.70. The fourth-order valence-electron chi connectivity index (χ4n) is 11.3. The van der Waals surface area contributed by atoms with Crippen LogP contribution < -0.4 is 0 Å². The fraction of sp³-hybridized carbons (Fsp3) is 0.963. The average molecular weight is 510 g/mol. The predicted molar refractivity (Wildman–Crippen MR) is 128 cm³/mol. The first kappa shape index (κ1) is 25.5. The zero-order valence-corrected chi connectivity index (χ0v) is 22.4. The molecular weight excluding hydrogens is 466 g/mol. The van der Waals surface area contributed by atoms with Gasteiger partial charge in [-0.15, -0.1) is 0 Å². The van der Waals surface area contributed by atoms with Crippen LogP contribution in [-0.4, -0.2) is 111 Å². The van der Waals surface area contributed by atoms with E-state index >= 15 is 0 Å². The van der Waals surface area contributed by atoms with Crippen molar-refractivity contribution in [2.75, 3.05) is 48.1 Å². The van der Waals surface area contributed by atoms with Gasteiger partial charge in [-0.1, -0.05) is 6.92 Å². The molecule has 1 saturated heterocycles. The van der Waals surface area contributed by atoms with Gasteiger partial charge in [0.1, 0.15) is 17.3 Å². The summed E-state index contributed by atoms with van der Waals surface area (Å²) >= 11 is 0. The number of carbonyl (C=O) groups is 1. The fourth-order valence-corrected chi connectivity index (χ4v) is 11.3. The molecule has 0 radical (unpaired) electrons. The van der Waals surface area contributed by atoms with E-state index in [0.717, 1.165) is 32.4 Å². The first-order valence-corrected chi connectivity index (χ1v) is 13.6. The lowest BCUT2D eigenvalue weighted by molar-refractivity contribution is -0.319. The third-order valence-corrected chi connectivity index (χ3v) is 11.8. The van der Waals surface area contributed by atoms with E-state index in [1.54, 1.807) is 28.4 Å². The molecule has 1 aliphatic heterocycles. The topological polar surface area (TPSA) is 107 Å². The molecule has 6 aliphatic rings. The summed E-state index contributed by atoms with van der Waals surface area (Å²) in [5.41, 5.74) is -3.87. The number of aliphatic hydroxyl groups is 2. The number of rotatable bonds is 7. The molecule has 9 nitrogen and oxygen atoms in total. The van der Waals surface area contributed by atoms with Gasteiger partial charge in [0.2, 0.25) is 0 Å². The minimum atomic E-state index is -1.59. The van der Waals surface area contributed by atoms with E-state index in [1.807, 2.05) is 0 Å². The zero-order valence-electron chi connectivity index (χ0n) is 22.4. The van der Waals surface area contributed by atoms with Gasteiger partial charge in [-0.3, -0.25) is 9.69 Å². The van der Waals surface area contributed by atoms with Crippen molar-refractivity contribution in [2.45, 2.75) is 81.2 Å². The van der Waals surface area contributed by atoms with Crippen LogP contribution in [0.3, 0.4) is 0 Å². The molecule has 36 heavy (non-hydrogen) atoms. The summed E-state index contributed by atoms with van der Waals surface area (Å²) in [7, 11) is 6.83. The summed E-state index contributed by atoms with van der Waals surface area (Å²) in [6.07, 6.45) is 1.20. The summed E-state index contributed by atoms with van der Waals surface area (Å²) in [5, 5.41) is 26.0. The second-order valence-corrected chi connectivity index (χ2v) is 12.5. The molecule has 0 aromatic heterocycles. The van der Waals surface area contributed by atoms with E-state index in [1.165, 1.54) is 6.92 Å². The molecule has 6 rings (SSSR count). The van der Waals surface area contributed by atoms with Crippen molar-refractivity contribution in [3.8, 4) is 0 Å². The number of likely N-dealkylation sites (tertiary alicyclic amines) is 1. The molecule has 0 aromatic rings. The highest BCUT2D eigenvalue weighted by Crippen LogP contribution is 2.80. The standard InChI is InChI=1S/C27H43NO8/c1-7-28-12-24(13-32-3)9-8-18(34-5)26-16-10-15-17(33-4)11-25(30,19(16)20(15)36-14(2)29)27(31,23(26)28)22(35-6)21(24)26/h15-23,30-31H,7-13H2,1-6H3/t15-,16-,17+,18+,19-,20+,21-,22+,23?,24+,25-,26+,27-/m1/s1. The largest absolute Gasteiger partial charge is 0.462 e. The van der Waals surface area contributed by atoms with E-state index in [0.29, 0.717) is 6.61 Å². The second kappa shape index (κ2) is 8.10. The van der Waals surface area contributed by atoms with Crippen molar-refractivity contribution in [3.63, 3.8) is 0 Å². The Kier molecular flexibility index (Phi) is 5.73. The average Bonchev–Trinajstić information content (AvgIpc) is 3.23. The van der Waals surface area contributed by atoms with Gasteiger partial charge in [0.05, 0.1) is 31.0 Å². The molecule has 1 heterocycles. The van der Waals surface area contributed by atoms with Crippen LogP contribution in [-0.2, 0) is 28.5 Å². The highest BCUT2D eigenvalue weighted by atomic mass is 16.6. The summed E-state index contributed by atoms with van der Waals surface area (Å²) in [5.74, 6) is -0.924. The molecule has 1 spiro atoms. The Labute approximate surface area is 213 Å². The third kappa shape index (κ3) is 2.55. The second-order valence-electron chi connectivity index (χ2n) is 12.5. The van der Waals surface area contributed by atoms with E-state index in [-0.39, 0.29) is 53.8 Å². The van der Waals surface area contributed by atoms with Crippen LogP contribution >= 0.6 is 0 Å². The van der Waals surface area contributed by atoms with Crippen molar-refractivity contribution in [1.29, 1.82) is 0 Å². The molecule has 13 atom stereocenters. The highest BCUT2D eigenvalue weighted by Gasteiger charge is 2.91. The number of hydrogen-bond acceptors (Lipinski definition) is 9. The maximum absolute atomic E-state index is 13.1. The summed E-state index contributed by atoms with van der Waals surface area (Å²) in [4.78, 5) is 14.7. The Morgan fingerprint density at radius 1 is 1.11 bits per heavy atom. The van der Waals surface area contributed by atoms with Gasteiger partial charge >= 0.3 is 5.97 Å². The Morgan fingerprint density at radius 2 is 1.86 bits per heavy atom. The molecule has 1 unspecified atom stereocenters. The van der Waals surface area contributed by atoms with Crippen LogP contribution in [0, 0.1) is 34.5 Å². The van der Waals surface area contributed by atoms with Crippen LogP contribution in [0.15, 0.2) is 0 Å². The molecular formula is C27H43NO8. The number of esters is 1. The maximum atomic E-state index is 13.1. The van der Waals surface area contributed by atoms with Crippen molar-refractivity contribution in [3.05, 3.63) is 0 Å². The molecule has 204 valence electrons. The number of carbonyl (C=O) groups excluding carboxylic acids is 1. The van der Waals surface area contributed by atoms with Gasteiger partial charge in [-0.2, -0.15) is 0 Å². The van der Waals surface area contributed by atoms with Gasteiger partial charge < -0.3 is 33.9 Å². The van der Waals surface area contributed by atoms with Gasteiger partial charge in [-0.25, -0.2) is 0 Å². The predicted octanol–water partition coefficient (Wildman–Crippen LogP) is 0.842. The van der Waals surface area contributed by atoms with Crippen LogP contribution in [0.25, 0.3) is 0 Å². The smallest absolute Gasteiger partial charge is 0.302 e. The molecule has 0 aromatic carbocycles. The van der Waals surface area contributed by atoms with Crippen molar-refractivity contribution in [2.24, 2.45) is 34.5 Å². The Morgan fingerprint density at radius 3 is 2.44 bits per heavy atom. The van der Waals surface area contributed by atoms with Crippen molar-refractivity contribution >= 4 is 5.97 Å². The first-order chi connectivity index (χ1) is 17.2. The van der Waals surface area contributed by atoms with Gasteiger partial charge in [0.15, 0.2) is 0 Å². The lowest BCUT2D eigenvalue weighted by atomic mass is 9.42. The van der Waals surface area contributed by atoms with Crippen LogP contribution in [0.5, 0.6) is 0 Å². The molecule has 2 N–H and O–H groups in total. The Balaban J connectivity index is 1.66. The molecule has 7 bridgehead atoms. The van der Waals surface area contributed by atoms with Gasteiger partial charge in [0, 0.05) is 76.9 Å². The molecule has 9 heteroatoms. The van der Waals surface area contributed by atoms with Crippen molar-refractivity contribution in [1.82, 2.24) is 4.90 Å². The van der Waals surface area contributed by atoms with Crippen LogP contribution in [0.1, 0.15) is 39.5 Å².